The second-order valence-electron chi connectivity index (χ2n) is 15.2. The normalized spacial score (nSPS) is 12.1. The predicted octanol–water partition coefficient (Wildman–Crippen LogP) is 12.8. The van der Waals surface area contributed by atoms with E-state index in [9.17, 15) is 0 Å². The fraction of sp³-hybridized carbons (Fsp3) is 0.421. The van der Waals surface area contributed by atoms with Gasteiger partial charge in [0.2, 0.25) is 0 Å². The molecule has 0 amide bonds. The van der Waals surface area contributed by atoms with E-state index in [0.29, 0.717) is 0 Å². The molecule has 0 aliphatic heterocycles. The lowest BCUT2D eigenvalue weighted by Gasteiger charge is -2.14. The lowest BCUT2D eigenvalue weighted by Crippen LogP contribution is -2.16. The van der Waals surface area contributed by atoms with Crippen molar-refractivity contribution in [3.05, 3.63) is 72.8 Å². The van der Waals surface area contributed by atoms with Crippen LogP contribution in [-0.2, 0) is 0 Å². The summed E-state index contributed by atoms with van der Waals surface area (Å²) in [6.45, 7) is 25.7. The van der Waals surface area contributed by atoms with E-state index < -0.39 is 0 Å². The quantitative estimate of drug-likeness (QED) is 0.0918. The number of nitrogens with zero attached hydrogens (tertiary/aromatic N) is 3. The van der Waals surface area contributed by atoms with Crippen LogP contribution in [0.2, 0.25) is 0 Å². The van der Waals surface area contributed by atoms with Gasteiger partial charge in [0.05, 0.1) is 21.3 Å². The maximum Gasteiger partial charge on any atom is 0.257 e. The van der Waals surface area contributed by atoms with Crippen molar-refractivity contribution >= 4 is 95.9 Å². The van der Waals surface area contributed by atoms with Crippen molar-refractivity contribution < 1.29 is 4.42 Å². The summed E-state index contributed by atoms with van der Waals surface area (Å²) in [6, 6.07) is 24.2. The Morgan fingerprint density at radius 3 is 1.68 bits per heavy atom. The molecule has 270 valence electrons. The van der Waals surface area contributed by atoms with Gasteiger partial charge in [-0.25, -0.2) is 15.0 Å². The van der Waals surface area contributed by atoms with Crippen molar-refractivity contribution in [2.45, 2.75) is 117 Å². The molecule has 0 saturated heterocycles. The van der Waals surface area contributed by atoms with E-state index in [1.165, 1.54) is 20.8 Å². The number of benzene rings is 3. The highest BCUT2D eigenvalue weighted by molar-refractivity contribution is 8.14. The van der Waals surface area contributed by atoms with Crippen LogP contribution in [0.25, 0.3) is 32.3 Å². The number of fused-ring (bicyclic) bond motifs is 3. The number of thioether (sulfide) groups is 4. The zero-order valence-corrected chi connectivity index (χ0v) is 35.4. The number of rotatable bonds is 3. The second-order valence-corrected chi connectivity index (χ2v) is 23.7. The Balaban J connectivity index is 0.000000184. The molecule has 6 rings (SSSR count). The third kappa shape index (κ3) is 16.1. The van der Waals surface area contributed by atoms with Crippen molar-refractivity contribution in [3.63, 3.8) is 0 Å². The Kier molecular flexibility index (Phi) is 14.8. The van der Waals surface area contributed by atoms with Gasteiger partial charge >= 0.3 is 0 Å². The molecule has 0 saturated carbocycles. The molecule has 0 aliphatic rings. The van der Waals surface area contributed by atoms with Crippen molar-refractivity contribution in [1.29, 1.82) is 5.41 Å². The third-order valence-corrected chi connectivity index (χ3v) is 10.5. The first-order valence-electron chi connectivity index (χ1n) is 16.3. The van der Waals surface area contributed by atoms with Gasteiger partial charge in [0.1, 0.15) is 5.52 Å². The standard InChI is InChI=1S/C11H14N2S.C11H13NOS.C11H13NS2.C5H12N2S/c3*1-11(2,3)14-10-12-8-6-4-5-7-9(8)13-10;1-5(2,3)8-4(6)7/h4-7H,1-3H3,(H,12,13);2*4-7H,1-3H3;1-3H3,(H3,6,7). The van der Waals surface area contributed by atoms with Gasteiger partial charge < -0.3 is 15.1 Å². The van der Waals surface area contributed by atoms with Crippen molar-refractivity contribution in [2.24, 2.45) is 5.73 Å². The third-order valence-electron chi connectivity index (χ3n) is 5.52. The monoisotopic (exact) mass is 768 g/mol. The van der Waals surface area contributed by atoms with Crippen molar-refractivity contribution in [3.8, 4) is 0 Å². The molecule has 0 spiro atoms. The number of imidazole rings is 1. The van der Waals surface area contributed by atoms with Gasteiger partial charge in [-0.05, 0) is 36.4 Å². The first-order chi connectivity index (χ1) is 23.1. The molecule has 0 fully saturated rings. The Labute approximate surface area is 319 Å². The Morgan fingerprint density at radius 2 is 1.18 bits per heavy atom. The highest BCUT2D eigenvalue weighted by atomic mass is 32.2. The van der Waals surface area contributed by atoms with Gasteiger partial charge in [0, 0.05) is 19.0 Å². The van der Waals surface area contributed by atoms with E-state index in [4.69, 9.17) is 15.6 Å². The molecule has 3 aromatic carbocycles. The molecule has 4 N–H and O–H groups in total. The first-order valence-corrected chi connectivity index (χ1v) is 20.4. The van der Waals surface area contributed by atoms with Crippen LogP contribution < -0.4 is 5.73 Å². The number of thiazole rings is 1. The summed E-state index contributed by atoms with van der Waals surface area (Å²) >= 11 is 8.39. The van der Waals surface area contributed by atoms with Gasteiger partial charge in [-0.15, -0.1) is 11.3 Å². The molecule has 0 aliphatic carbocycles. The van der Waals surface area contributed by atoms with Gasteiger partial charge in [0.25, 0.3) is 5.22 Å². The number of amidine groups is 1. The average Bonchev–Trinajstić information content (AvgIpc) is 3.64. The fourth-order valence-corrected chi connectivity index (χ4v) is 8.81. The minimum atomic E-state index is 0.0891. The number of nitrogens with one attached hydrogen (secondary N) is 2. The number of nitrogens with two attached hydrogens (primary N) is 1. The van der Waals surface area contributed by atoms with Gasteiger partial charge in [-0.2, -0.15) is 0 Å². The largest absolute Gasteiger partial charge is 0.431 e. The Hall–Kier alpha value is -2.64. The summed E-state index contributed by atoms with van der Waals surface area (Å²) in [5, 5.41) is 8.83. The molecule has 0 unspecified atom stereocenters. The molecular formula is C38H52N6OS5. The van der Waals surface area contributed by atoms with E-state index in [0.717, 1.165) is 38.0 Å². The second kappa shape index (κ2) is 17.7. The number of para-hydroxylation sites is 5. The van der Waals surface area contributed by atoms with E-state index >= 15 is 0 Å². The maximum atomic E-state index is 6.89. The molecule has 12 heteroatoms. The van der Waals surface area contributed by atoms with Crippen molar-refractivity contribution in [1.82, 2.24) is 19.9 Å². The topological polar surface area (TPSA) is 117 Å². The smallest absolute Gasteiger partial charge is 0.257 e. The van der Waals surface area contributed by atoms with Crippen LogP contribution in [0, 0.1) is 5.41 Å². The predicted molar refractivity (Wildman–Crippen MR) is 226 cm³/mol. The molecule has 0 atom stereocenters. The number of hydrogen-bond donors (Lipinski definition) is 3. The molecule has 3 heterocycles. The lowest BCUT2D eigenvalue weighted by molar-refractivity contribution is 0.486. The highest BCUT2D eigenvalue weighted by Gasteiger charge is 2.17. The lowest BCUT2D eigenvalue weighted by atomic mass is 10.3. The van der Waals surface area contributed by atoms with Crippen LogP contribution in [0.3, 0.4) is 0 Å². The number of oxazole rings is 1. The minimum Gasteiger partial charge on any atom is -0.431 e. The summed E-state index contributed by atoms with van der Waals surface area (Å²) in [4.78, 5) is 16.8. The number of hydrogen-bond acceptors (Lipinski definition) is 10. The molecule has 3 aromatic heterocycles. The number of aromatic amines is 1. The van der Waals surface area contributed by atoms with Crippen molar-refractivity contribution in [2.75, 3.05) is 0 Å². The molecule has 7 nitrogen and oxygen atoms in total. The van der Waals surface area contributed by atoms with E-state index in [1.54, 1.807) is 34.9 Å². The van der Waals surface area contributed by atoms with Crippen LogP contribution in [0.5, 0.6) is 0 Å². The highest BCUT2D eigenvalue weighted by Crippen LogP contribution is 2.37. The van der Waals surface area contributed by atoms with Crippen LogP contribution in [0.15, 0.2) is 91.9 Å². The minimum absolute atomic E-state index is 0.0891. The van der Waals surface area contributed by atoms with E-state index in [2.05, 4.69) is 107 Å². The zero-order chi connectivity index (χ0) is 37.3. The van der Waals surface area contributed by atoms with Gasteiger partial charge in [-0.1, -0.05) is 167 Å². The van der Waals surface area contributed by atoms with Crippen LogP contribution >= 0.6 is 58.4 Å². The van der Waals surface area contributed by atoms with Gasteiger partial charge in [0.15, 0.2) is 20.2 Å². The fourth-order valence-electron chi connectivity index (χ4n) is 3.91. The Morgan fingerprint density at radius 1 is 0.640 bits per heavy atom. The summed E-state index contributed by atoms with van der Waals surface area (Å²) in [7, 11) is 0. The summed E-state index contributed by atoms with van der Waals surface area (Å²) in [6.07, 6.45) is 0. The van der Waals surface area contributed by atoms with Crippen LogP contribution in [0.1, 0.15) is 83.1 Å². The number of H-pyrrole nitrogens is 1. The number of aromatic nitrogens is 4. The summed E-state index contributed by atoms with van der Waals surface area (Å²) < 4.78 is 8.71. The molecular weight excluding hydrogens is 717 g/mol. The molecule has 50 heavy (non-hydrogen) atoms. The zero-order valence-electron chi connectivity index (χ0n) is 31.3. The SMILES string of the molecule is CC(C)(C)SC(=N)N.CC(C)(C)Sc1nc2ccccc2[nH]1.CC(C)(C)Sc1nc2ccccc2o1.CC(C)(C)Sc1nc2ccccc2s1. The summed E-state index contributed by atoms with van der Waals surface area (Å²) in [5.41, 5.74) is 10.2. The van der Waals surface area contributed by atoms with Gasteiger partial charge in [-0.3, -0.25) is 5.41 Å². The molecule has 0 bridgehead atoms. The Bertz CT molecular complexity index is 1650. The van der Waals surface area contributed by atoms with E-state index in [1.807, 2.05) is 81.1 Å². The van der Waals surface area contributed by atoms with Crippen LogP contribution in [0.4, 0.5) is 0 Å². The van der Waals surface area contributed by atoms with Crippen LogP contribution in [-0.4, -0.2) is 44.1 Å². The molecule has 0 radical (unpaired) electrons. The van der Waals surface area contributed by atoms with E-state index in [-0.39, 0.29) is 24.2 Å². The maximum absolute atomic E-state index is 6.89. The first kappa shape index (κ1) is 41.8. The summed E-state index contributed by atoms with van der Waals surface area (Å²) in [5.74, 6) is 0. The molecule has 6 aromatic rings. The average molecular weight is 769 g/mol.